The predicted molar refractivity (Wildman–Crippen MR) is 84.8 cm³/mol. The van der Waals surface area contributed by atoms with E-state index in [4.69, 9.17) is 9.47 Å². The van der Waals surface area contributed by atoms with Gasteiger partial charge in [0.15, 0.2) is 0 Å². The first-order valence-electron chi connectivity index (χ1n) is 7.22. The van der Waals surface area contributed by atoms with Crippen molar-refractivity contribution in [3.8, 4) is 11.5 Å². The van der Waals surface area contributed by atoms with Crippen LogP contribution in [0.2, 0.25) is 0 Å². The Morgan fingerprint density at radius 3 is 2.24 bits per heavy atom. The molecule has 0 saturated carbocycles. The molecule has 0 aromatic heterocycles. The first-order chi connectivity index (χ1) is 10.1. The van der Waals surface area contributed by atoms with E-state index in [1.165, 1.54) is 22.3 Å². The third kappa shape index (κ3) is 3.99. The zero-order chi connectivity index (χ0) is 15.2. The number of hydrogen-bond donors (Lipinski definition) is 1. The van der Waals surface area contributed by atoms with Crippen molar-refractivity contribution in [3.05, 3.63) is 58.7 Å². The second kappa shape index (κ2) is 7.14. The minimum atomic E-state index is 0.824. The fourth-order valence-electron chi connectivity index (χ4n) is 2.48. The molecule has 0 bridgehead atoms. The fraction of sp³-hybridized carbons (Fsp3) is 0.333. The van der Waals surface area contributed by atoms with Gasteiger partial charge in [-0.15, -0.1) is 0 Å². The van der Waals surface area contributed by atoms with Crippen LogP contribution in [0.3, 0.4) is 0 Å². The topological polar surface area (TPSA) is 35.1 Å². The summed E-state index contributed by atoms with van der Waals surface area (Å²) in [5.41, 5.74) is 5.23. The highest BCUT2D eigenvalue weighted by Gasteiger charge is 2.07. The van der Waals surface area contributed by atoms with Gasteiger partial charge in [-0.05, 0) is 31.5 Å². The van der Waals surface area contributed by atoms with Gasteiger partial charge in [-0.25, -0.2) is 0 Å². The maximum atomic E-state index is 5.43. The van der Waals surface area contributed by atoms with Gasteiger partial charge in [0.1, 0.15) is 24.6 Å². The number of nitrogens with two attached hydrogens (primary N) is 1. The van der Waals surface area contributed by atoms with E-state index in [0.717, 1.165) is 24.6 Å². The molecule has 0 amide bonds. The average Bonchev–Trinajstić information content (AvgIpc) is 2.49. The first kappa shape index (κ1) is 15.4. The zero-order valence-electron chi connectivity index (χ0n) is 13.3. The molecular formula is C18H24NO2+. The molecule has 2 N–H and O–H groups in total. The molecule has 0 saturated heterocycles. The average molecular weight is 286 g/mol. The van der Waals surface area contributed by atoms with Crippen LogP contribution in [0.5, 0.6) is 11.5 Å². The summed E-state index contributed by atoms with van der Waals surface area (Å²) in [5, 5.41) is 2.29. The maximum absolute atomic E-state index is 5.43. The molecule has 2 rings (SSSR count). The van der Waals surface area contributed by atoms with E-state index in [-0.39, 0.29) is 0 Å². The van der Waals surface area contributed by atoms with Gasteiger partial charge in [-0.1, -0.05) is 23.8 Å². The van der Waals surface area contributed by atoms with Crippen LogP contribution in [0.1, 0.15) is 22.3 Å². The van der Waals surface area contributed by atoms with E-state index in [0.29, 0.717) is 0 Å². The number of hydrogen-bond acceptors (Lipinski definition) is 2. The van der Waals surface area contributed by atoms with Crippen molar-refractivity contribution in [2.24, 2.45) is 0 Å². The molecule has 0 radical (unpaired) electrons. The second-order valence-corrected chi connectivity index (χ2v) is 5.30. The van der Waals surface area contributed by atoms with Crippen molar-refractivity contribution in [1.29, 1.82) is 0 Å². The molecule has 2 aromatic carbocycles. The number of benzene rings is 2. The second-order valence-electron chi connectivity index (χ2n) is 5.30. The van der Waals surface area contributed by atoms with Gasteiger partial charge in [0.25, 0.3) is 0 Å². The van der Waals surface area contributed by atoms with Gasteiger partial charge < -0.3 is 14.8 Å². The van der Waals surface area contributed by atoms with Gasteiger partial charge in [0.2, 0.25) is 0 Å². The Kier molecular flexibility index (Phi) is 5.23. The summed E-state index contributed by atoms with van der Waals surface area (Å²) in [7, 11) is 3.36. The Bertz CT molecular complexity index is 608. The van der Waals surface area contributed by atoms with Gasteiger partial charge in [-0.3, -0.25) is 0 Å². The number of quaternary nitrogens is 1. The van der Waals surface area contributed by atoms with E-state index >= 15 is 0 Å². The van der Waals surface area contributed by atoms with Gasteiger partial charge >= 0.3 is 0 Å². The summed E-state index contributed by atoms with van der Waals surface area (Å²) in [5.74, 6) is 1.70. The minimum Gasteiger partial charge on any atom is -0.497 e. The summed E-state index contributed by atoms with van der Waals surface area (Å²) in [6, 6.07) is 12.6. The Labute approximate surface area is 126 Å². The van der Waals surface area contributed by atoms with E-state index < -0.39 is 0 Å². The lowest BCUT2D eigenvalue weighted by molar-refractivity contribution is -0.686. The first-order valence-corrected chi connectivity index (χ1v) is 7.22. The lowest BCUT2D eigenvalue weighted by atomic mass is 10.1. The Morgan fingerprint density at radius 1 is 0.857 bits per heavy atom. The fourth-order valence-corrected chi connectivity index (χ4v) is 2.48. The predicted octanol–water partition coefficient (Wildman–Crippen LogP) is 2.58. The molecule has 0 heterocycles. The molecule has 0 atom stereocenters. The summed E-state index contributed by atoms with van der Waals surface area (Å²) in [6.07, 6.45) is 0. The van der Waals surface area contributed by atoms with Crippen LogP contribution in [-0.2, 0) is 13.1 Å². The largest absolute Gasteiger partial charge is 0.497 e. The van der Waals surface area contributed by atoms with Crippen LogP contribution < -0.4 is 14.8 Å². The van der Waals surface area contributed by atoms with Crippen LogP contribution >= 0.6 is 0 Å². The number of rotatable bonds is 6. The normalized spacial score (nSPS) is 10.5. The maximum Gasteiger partial charge on any atom is 0.131 e. The van der Waals surface area contributed by atoms with Crippen molar-refractivity contribution in [2.45, 2.75) is 26.9 Å². The molecule has 3 heteroatoms. The quantitative estimate of drug-likeness (QED) is 0.886. The van der Waals surface area contributed by atoms with Crippen LogP contribution in [0.15, 0.2) is 36.4 Å². The highest BCUT2D eigenvalue weighted by Crippen LogP contribution is 2.23. The molecule has 0 unspecified atom stereocenters. The third-order valence-electron chi connectivity index (χ3n) is 3.72. The van der Waals surface area contributed by atoms with Crippen LogP contribution in [0.4, 0.5) is 0 Å². The number of ether oxygens (including phenoxy) is 2. The monoisotopic (exact) mass is 286 g/mol. The van der Waals surface area contributed by atoms with E-state index in [1.807, 2.05) is 12.1 Å². The molecular weight excluding hydrogens is 262 g/mol. The molecule has 3 nitrogen and oxygen atoms in total. The third-order valence-corrected chi connectivity index (χ3v) is 3.72. The van der Waals surface area contributed by atoms with E-state index in [1.54, 1.807) is 14.2 Å². The van der Waals surface area contributed by atoms with Crippen molar-refractivity contribution in [2.75, 3.05) is 14.2 Å². The van der Waals surface area contributed by atoms with Gasteiger partial charge in [0.05, 0.1) is 14.2 Å². The smallest absolute Gasteiger partial charge is 0.131 e. The summed E-state index contributed by atoms with van der Waals surface area (Å²) in [6.45, 7) is 6.16. The summed E-state index contributed by atoms with van der Waals surface area (Å²) in [4.78, 5) is 0. The lowest BCUT2D eigenvalue weighted by Crippen LogP contribution is -2.80. The lowest BCUT2D eigenvalue weighted by Gasteiger charge is -2.10. The van der Waals surface area contributed by atoms with E-state index in [9.17, 15) is 0 Å². The molecule has 2 aromatic rings. The minimum absolute atomic E-state index is 0.824. The zero-order valence-corrected chi connectivity index (χ0v) is 13.3. The number of methoxy groups -OCH3 is 2. The molecule has 0 aliphatic heterocycles. The van der Waals surface area contributed by atoms with E-state index in [2.05, 4.69) is 43.4 Å². The Hall–Kier alpha value is -2.00. The highest BCUT2D eigenvalue weighted by atomic mass is 16.5. The summed E-state index contributed by atoms with van der Waals surface area (Å²) >= 11 is 0. The van der Waals surface area contributed by atoms with Crippen molar-refractivity contribution < 1.29 is 14.8 Å². The van der Waals surface area contributed by atoms with Crippen LogP contribution in [0, 0.1) is 13.8 Å². The van der Waals surface area contributed by atoms with Crippen LogP contribution in [0.25, 0.3) is 0 Å². The standard InChI is InChI=1S/C18H23NO2/c1-13-5-6-15(14(2)9-13)11-19-12-16-7-8-17(20-3)10-18(16)21-4/h5-10,19H,11-12H2,1-4H3/p+1. The van der Waals surface area contributed by atoms with Gasteiger partial charge in [-0.2, -0.15) is 0 Å². The molecule has 0 fully saturated rings. The van der Waals surface area contributed by atoms with Crippen molar-refractivity contribution in [1.82, 2.24) is 0 Å². The van der Waals surface area contributed by atoms with Gasteiger partial charge in [0, 0.05) is 17.2 Å². The SMILES string of the molecule is COc1ccc(C[NH2+]Cc2ccc(C)cc2C)c(OC)c1. The summed E-state index contributed by atoms with van der Waals surface area (Å²) < 4.78 is 10.7. The molecule has 0 aliphatic rings. The molecule has 112 valence electrons. The van der Waals surface area contributed by atoms with Crippen molar-refractivity contribution >= 4 is 0 Å². The number of aryl methyl sites for hydroxylation is 2. The molecule has 0 aliphatic carbocycles. The van der Waals surface area contributed by atoms with Crippen LogP contribution in [-0.4, -0.2) is 14.2 Å². The Balaban J connectivity index is 2.00. The van der Waals surface area contributed by atoms with Crippen molar-refractivity contribution in [3.63, 3.8) is 0 Å². The molecule has 21 heavy (non-hydrogen) atoms. The highest BCUT2D eigenvalue weighted by molar-refractivity contribution is 5.40. The molecule has 0 spiro atoms. The Morgan fingerprint density at radius 2 is 1.57 bits per heavy atom.